The Morgan fingerprint density at radius 1 is 1.12 bits per heavy atom. The summed E-state index contributed by atoms with van der Waals surface area (Å²) < 4.78 is 10.3. The van der Waals surface area contributed by atoms with Crippen molar-refractivity contribution in [3.8, 4) is 11.6 Å². The van der Waals surface area contributed by atoms with Crippen LogP contribution in [0, 0.1) is 6.92 Å². The first-order chi connectivity index (χ1) is 12.5. The summed E-state index contributed by atoms with van der Waals surface area (Å²) in [5, 5.41) is 7.86. The number of carbonyl (C=O) groups excluding carboxylic acids is 2. The van der Waals surface area contributed by atoms with Gasteiger partial charge in [-0.05, 0) is 30.7 Å². The summed E-state index contributed by atoms with van der Waals surface area (Å²) >= 11 is 0. The zero-order valence-corrected chi connectivity index (χ0v) is 15.0. The van der Waals surface area contributed by atoms with Crippen molar-refractivity contribution >= 4 is 17.6 Å². The van der Waals surface area contributed by atoms with Crippen molar-refractivity contribution in [2.45, 2.75) is 13.5 Å². The van der Waals surface area contributed by atoms with Gasteiger partial charge in [0.1, 0.15) is 5.75 Å². The highest BCUT2D eigenvalue weighted by Gasteiger charge is 2.10. The van der Waals surface area contributed by atoms with Gasteiger partial charge in [-0.3, -0.25) is 4.79 Å². The van der Waals surface area contributed by atoms with Crippen LogP contribution in [-0.2, 0) is 11.3 Å². The fourth-order valence-electron chi connectivity index (χ4n) is 2.25. The predicted molar refractivity (Wildman–Crippen MR) is 97.4 cm³/mol. The third-order valence-electron chi connectivity index (χ3n) is 3.52. The summed E-state index contributed by atoms with van der Waals surface area (Å²) in [5.41, 5.74) is 2.27. The van der Waals surface area contributed by atoms with E-state index in [0.717, 1.165) is 11.1 Å². The van der Waals surface area contributed by atoms with Gasteiger partial charge >= 0.3 is 6.03 Å². The van der Waals surface area contributed by atoms with E-state index in [1.165, 1.54) is 14.2 Å². The van der Waals surface area contributed by atoms with Crippen molar-refractivity contribution in [3.05, 3.63) is 47.7 Å². The second-order valence-corrected chi connectivity index (χ2v) is 5.46. The highest BCUT2D eigenvalue weighted by atomic mass is 16.5. The topological polar surface area (TPSA) is 102 Å². The smallest absolute Gasteiger partial charge is 0.315 e. The molecule has 0 aliphatic rings. The Balaban J connectivity index is 1.82. The van der Waals surface area contributed by atoms with E-state index in [1.807, 2.05) is 13.0 Å². The van der Waals surface area contributed by atoms with Crippen molar-refractivity contribution in [1.29, 1.82) is 0 Å². The SMILES string of the molecule is COc1ccc(C)cc1NC(=O)CNC(=O)NCc1cccnc1OC. The Bertz CT molecular complexity index is 780. The van der Waals surface area contributed by atoms with E-state index in [0.29, 0.717) is 17.3 Å². The lowest BCUT2D eigenvalue weighted by atomic mass is 10.2. The minimum absolute atomic E-state index is 0.174. The van der Waals surface area contributed by atoms with Gasteiger partial charge in [0.25, 0.3) is 0 Å². The molecule has 0 atom stereocenters. The van der Waals surface area contributed by atoms with Crippen LogP contribution < -0.4 is 25.4 Å². The summed E-state index contributed by atoms with van der Waals surface area (Å²) in [6.45, 7) is 1.97. The normalized spacial score (nSPS) is 9.96. The average Bonchev–Trinajstić information content (AvgIpc) is 2.65. The Morgan fingerprint density at radius 3 is 2.65 bits per heavy atom. The molecule has 1 heterocycles. The standard InChI is InChI=1S/C18H22N4O4/c1-12-6-7-15(25-2)14(9-12)22-16(23)11-21-18(24)20-10-13-5-4-8-19-17(13)26-3/h4-9H,10-11H2,1-3H3,(H,22,23)(H2,20,21,24). The van der Waals surface area contributed by atoms with Crippen molar-refractivity contribution in [2.24, 2.45) is 0 Å². The number of nitrogens with one attached hydrogen (secondary N) is 3. The number of aryl methyl sites for hydroxylation is 1. The van der Waals surface area contributed by atoms with Crippen molar-refractivity contribution in [1.82, 2.24) is 15.6 Å². The molecule has 8 heteroatoms. The van der Waals surface area contributed by atoms with Gasteiger partial charge in [-0.25, -0.2) is 9.78 Å². The highest BCUT2D eigenvalue weighted by molar-refractivity contribution is 5.95. The lowest BCUT2D eigenvalue weighted by molar-refractivity contribution is -0.115. The van der Waals surface area contributed by atoms with Gasteiger partial charge in [0.15, 0.2) is 0 Å². The number of methoxy groups -OCH3 is 2. The van der Waals surface area contributed by atoms with E-state index in [1.54, 1.807) is 30.5 Å². The van der Waals surface area contributed by atoms with Gasteiger partial charge in [-0.15, -0.1) is 0 Å². The number of hydrogen-bond acceptors (Lipinski definition) is 5. The summed E-state index contributed by atoms with van der Waals surface area (Å²) in [5.74, 6) is 0.636. The molecule has 138 valence electrons. The Kier molecular flexibility index (Phi) is 6.78. The van der Waals surface area contributed by atoms with Crippen LogP contribution in [0.5, 0.6) is 11.6 Å². The lowest BCUT2D eigenvalue weighted by Gasteiger charge is -2.12. The number of amides is 3. The first-order valence-electron chi connectivity index (χ1n) is 7.97. The maximum absolute atomic E-state index is 12.0. The first kappa shape index (κ1) is 19.0. The van der Waals surface area contributed by atoms with E-state index in [9.17, 15) is 9.59 Å². The molecule has 26 heavy (non-hydrogen) atoms. The molecule has 0 bridgehead atoms. The second-order valence-electron chi connectivity index (χ2n) is 5.46. The van der Waals surface area contributed by atoms with Crippen LogP contribution in [-0.4, -0.2) is 37.7 Å². The van der Waals surface area contributed by atoms with Gasteiger partial charge < -0.3 is 25.4 Å². The number of anilines is 1. The zero-order chi connectivity index (χ0) is 18.9. The number of urea groups is 1. The Labute approximate surface area is 151 Å². The van der Waals surface area contributed by atoms with Gasteiger partial charge in [-0.2, -0.15) is 0 Å². The largest absolute Gasteiger partial charge is 0.495 e. The van der Waals surface area contributed by atoms with Crippen LogP contribution in [0.15, 0.2) is 36.5 Å². The lowest BCUT2D eigenvalue weighted by Crippen LogP contribution is -2.39. The number of nitrogens with zero attached hydrogens (tertiary/aromatic N) is 1. The maximum Gasteiger partial charge on any atom is 0.315 e. The molecule has 0 aliphatic heterocycles. The molecule has 0 saturated heterocycles. The highest BCUT2D eigenvalue weighted by Crippen LogP contribution is 2.24. The minimum Gasteiger partial charge on any atom is -0.495 e. The number of rotatable bonds is 7. The third kappa shape index (κ3) is 5.37. The predicted octanol–water partition coefficient (Wildman–Crippen LogP) is 1.85. The number of ether oxygens (including phenoxy) is 2. The van der Waals surface area contributed by atoms with E-state index in [2.05, 4.69) is 20.9 Å². The minimum atomic E-state index is -0.470. The molecule has 3 amide bonds. The second kappa shape index (κ2) is 9.26. The summed E-state index contributed by atoms with van der Waals surface area (Å²) in [4.78, 5) is 27.9. The van der Waals surface area contributed by atoms with Gasteiger partial charge in [-0.1, -0.05) is 12.1 Å². The number of aromatic nitrogens is 1. The summed E-state index contributed by atoms with van der Waals surface area (Å²) in [6, 6.07) is 8.52. The van der Waals surface area contributed by atoms with E-state index < -0.39 is 6.03 Å². The van der Waals surface area contributed by atoms with Crippen LogP contribution in [0.25, 0.3) is 0 Å². The zero-order valence-electron chi connectivity index (χ0n) is 15.0. The fourth-order valence-corrected chi connectivity index (χ4v) is 2.25. The number of pyridine rings is 1. The van der Waals surface area contributed by atoms with Gasteiger partial charge in [0, 0.05) is 18.3 Å². The van der Waals surface area contributed by atoms with E-state index in [-0.39, 0.29) is 19.0 Å². The van der Waals surface area contributed by atoms with E-state index in [4.69, 9.17) is 9.47 Å². The first-order valence-corrected chi connectivity index (χ1v) is 7.97. The molecule has 2 rings (SSSR count). The summed E-state index contributed by atoms with van der Waals surface area (Å²) in [7, 11) is 3.04. The van der Waals surface area contributed by atoms with Gasteiger partial charge in [0.2, 0.25) is 11.8 Å². The van der Waals surface area contributed by atoms with Crippen LogP contribution in [0.2, 0.25) is 0 Å². The Hall–Kier alpha value is -3.29. The molecule has 8 nitrogen and oxygen atoms in total. The van der Waals surface area contributed by atoms with Crippen molar-refractivity contribution in [3.63, 3.8) is 0 Å². The van der Waals surface area contributed by atoms with Crippen LogP contribution in [0.4, 0.5) is 10.5 Å². The number of carbonyl (C=O) groups is 2. The molecule has 1 aromatic carbocycles. The number of hydrogen-bond donors (Lipinski definition) is 3. The van der Waals surface area contributed by atoms with Crippen LogP contribution in [0.1, 0.15) is 11.1 Å². The third-order valence-corrected chi connectivity index (χ3v) is 3.52. The molecular weight excluding hydrogens is 336 g/mol. The maximum atomic E-state index is 12.0. The van der Waals surface area contributed by atoms with Crippen LogP contribution >= 0.6 is 0 Å². The molecular formula is C18H22N4O4. The monoisotopic (exact) mass is 358 g/mol. The average molecular weight is 358 g/mol. The fraction of sp³-hybridized carbons (Fsp3) is 0.278. The molecule has 0 radical (unpaired) electrons. The molecule has 2 aromatic rings. The molecule has 1 aromatic heterocycles. The molecule has 0 aliphatic carbocycles. The summed E-state index contributed by atoms with van der Waals surface area (Å²) in [6.07, 6.45) is 1.60. The number of benzene rings is 1. The van der Waals surface area contributed by atoms with Crippen molar-refractivity contribution < 1.29 is 19.1 Å². The van der Waals surface area contributed by atoms with E-state index >= 15 is 0 Å². The van der Waals surface area contributed by atoms with Crippen molar-refractivity contribution in [2.75, 3.05) is 26.1 Å². The molecule has 0 spiro atoms. The Morgan fingerprint density at radius 2 is 1.92 bits per heavy atom. The quantitative estimate of drug-likeness (QED) is 0.701. The van der Waals surface area contributed by atoms with Crippen LogP contribution in [0.3, 0.4) is 0 Å². The van der Waals surface area contributed by atoms with Gasteiger partial charge in [0.05, 0.1) is 26.5 Å². The molecule has 3 N–H and O–H groups in total. The molecule has 0 unspecified atom stereocenters. The molecule has 0 fully saturated rings. The molecule has 0 saturated carbocycles.